The van der Waals surface area contributed by atoms with Crippen LogP contribution in [0.1, 0.15) is 25.3 Å². The maximum absolute atomic E-state index is 3.04. The van der Waals surface area contributed by atoms with Crippen molar-refractivity contribution >= 4 is 0 Å². The molecule has 2 rings (SSSR count). The Morgan fingerprint density at radius 2 is 1.47 bits per heavy atom. The van der Waals surface area contributed by atoms with Crippen LogP contribution in [0.5, 0.6) is 0 Å². The fourth-order valence-electron chi connectivity index (χ4n) is 1.82. The van der Waals surface area contributed by atoms with Crippen molar-refractivity contribution in [2.45, 2.75) is 26.2 Å². The van der Waals surface area contributed by atoms with E-state index in [0.29, 0.717) is 0 Å². The molecule has 0 bridgehead atoms. The van der Waals surface area contributed by atoms with Gasteiger partial charge in [0.25, 0.3) is 0 Å². The van der Waals surface area contributed by atoms with Crippen LogP contribution in [0.25, 0.3) is 11.1 Å². The van der Waals surface area contributed by atoms with Gasteiger partial charge in [-0.1, -0.05) is 37.6 Å². The number of hydrogen-bond donors (Lipinski definition) is 0. The molecule has 0 nitrogen and oxygen atoms in total. The molecule has 0 atom stereocenters. The van der Waals surface area contributed by atoms with Crippen LogP contribution in [0.3, 0.4) is 0 Å². The van der Waals surface area contributed by atoms with Gasteiger partial charge in [-0.2, -0.15) is 30.3 Å². The van der Waals surface area contributed by atoms with E-state index in [9.17, 15) is 0 Å². The van der Waals surface area contributed by atoms with E-state index in [2.05, 4.69) is 49.4 Å². The number of benzene rings is 2. The second-order valence-electron chi connectivity index (χ2n) is 4.09. The fraction of sp³-hybridized carbons (Fsp3) is 0.250. The molecule has 0 amide bonds. The van der Waals surface area contributed by atoms with Crippen LogP contribution in [-0.2, 0) is 6.42 Å². The Labute approximate surface area is 116 Å². The average molecular weight is 216 g/mol. The van der Waals surface area contributed by atoms with Gasteiger partial charge < -0.3 is 0 Å². The number of rotatable bonds is 4. The molecule has 17 heavy (non-hydrogen) atoms. The quantitative estimate of drug-likeness (QED) is 0.536. The Bertz CT molecular complexity index is 417. The molecule has 0 aromatic heterocycles. The van der Waals surface area contributed by atoms with Gasteiger partial charge in [-0.05, 0) is 24.0 Å². The van der Waals surface area contributed by atoms with Crippen LogP contribution in [0.15, 0.2) is 48.5 Å². The first-order chi connectivity index (χ1) is 7.90. The van der Waals surface area contributed by atoms with Crippen molar-refractivity contribution < 1.29 is 18.9 Å². The summed E-state index contributed by atoms with van der Waals surface area (Å²) in [6.45, 7) is 2.23. The van der Waals surface area contributed by atoms with Gasteiger partial charge in [-0.15, -0.1) is 5.56 Å². The summed E-state index contributed by atoms with van der Waals surface area (Å²) in [6.07, 6.45) is 3.73. The summed E-state index contributed by atoms with van der Waals surface area (Å²) in [5, 5.41) is 0. The van der Waals surface area contributed by atoms with Gasteiger partial charge in [0.2, 0.25) is 0 Å². The minimum Gasteiger partial charge on any atom is -0.184 e. The molecule has 0 saturated carbocycles. The topological polar surface area (TPSA) is 0 Å². The van der Waals surface area contributed by atoms with E-state index in [1.165, 1.54) is 36.0 Å². The smallest absolute Gasteiger partial charge is 0.184 e. The molecule has 0 spiro atoms. The molecule has 0 N–H and O–H groups in total. The molecule has 82 valence electrons. The standard InChI is InChI=1S/C16H17.Li/c1-2-3-7-14-10-12-16(13-11-14)15-8-5-4-6-9-15;/h5-6,8-13H,2-3,7H2,1H3;/q-1;+1. The van der Waals surface area contributed by atoms with Crippen molar-refractivity contribution in [1.29, 1.82) is 0 Å². The molecule has 0 aliphatic rings. The molecule has 2 aromatic rings. The van der Waals surface area contributed by atoms with E-state index >= 15 is 0 Å². The minimum atomic E-state index is 0. The van der Waals surface area contributed by atoms with Crippen molar-refractivity contribution in [2.24, 2.45) is 0 Å². The Balaban J connectivity index is 0.00000144. The van der Waals surface area contributed by atoms with Gasteiger partial charge in [0.15, 0.2) is 0 Å². The first kappa shape index (κ1) is 14.1. The first-order valence-electron chi connectivity index (χ1n) is 5.95. The summed E-state index contributed by atoms with van der Waals surface area (Å²) in [4.78, 5) is 0. The van der Waals surface area contributed by atoms with Crippen LogP contribution in [0.2, 0.25) is 0 Å². The molecule has 0 radical (unpaired) electrons. The maximum atomic E-state index is 3.04. The van der Waals surface area contributed by atoms with Crippen LogP contribution < -0.4 is 18.9 Å². The predicted octanol–water partition coefficient (Wildman–Crippen LogP) is 1.50. The second-order valence-corrected chi connectivity index (χ2v) is 4.09. The Morgan fingerprint density at radius 3 is 2.06 bits per heavy atom. The molecule has 0 heterocycles. The van der Waals surface area contributed by atoms with Gasteiger partial charge in [0, 0.05) is 0 Å². The zero-order valence-corrected chi connectivity index (χ0v) is 10.7. The average Bonchev–Trinajstić information content (AvgIpc) is 2.38. The van der Waals surface area contributed by atoms with Crippen LogP contribution in [0, 0.1) is 6.07 Å². The number of aryl methyl sites for hydroxylation is 1. The van der Waals surface area contributed by atoms with Crippen LogP contribution >= 0.6 is 0 Å². The summed E-state index contributed by atoms with van der Waals surface area (Å²) in [7, 11) is 0. The molecular weight excluding hydrogens is 199 g/mol. The van der Waals surface area contributed by atoms with E-state index in [1.54, 1.807) is 0 Å². The molecule has 0 aliphatic carbocycles. The third-order valence-corrected chi connectivity index (χ3v) is 2.82. The zero-order chi connectivity index (χ0) is 11.2. The van der Waals surface area contributed by atoms with E-state index in [-0.39, 0.29) is 18.9 Å². The number of unbranched alkanes of at least 4 members (excludes halogenated alkanes) is 1. The maximum Gasteiger partial charge on any atom is 1.00 e. The van der Waals surface area contributed by atoms with Gasteiger partial charge in [0.05, 0.1) is 0 Å². The Kier molecular flexibility index (Phi) is 6.12. The molecule has 2 aromatic carbocycles. The van der Waals surface area contributed by atoms with Gasteiger partial charge in [0.1, 0.15) is 0 Å². The van der Waals surface area contributed by atoms with E-state index in [0.717, 1.165) is 0 Å². The van der Waals surface area contributed by atoms with Gasteiger partial charge >= 0.3 is 18.9 Å². The van der Waals surface area contributed by atoms with Crippen LogP contribution in [-0.4, -0.2) is 0 Å². The van der Waals surface area contributed by atoms with E-state index < -0.39 is 0 Å². The molecule has 0 saturated heterocycles. The van der Waals surface area contributed by atoms with Gasteiger partial charge in [-0.25, -0.2) is 0 Å². The van der Waals surface area contributed by atoms with Crippen molar-refractivity contribution in [1.82, 2.24) is 0 Å². The zero-order valence-electron chi connectivity index (χ0n) is 10.7. The Hall–Kier alpha value is -0.963. The molecular formula is C16H17Li. The summed E-state index contributed by atoms with van der Waals surface area (Å²) >= 11 is 0. The summed E-state index contributed by atoms with van der Waals surface area (Å²) in [6, 6.07) is 20.0. The van der Waals surface area contributed by atoms with Crippen molar-refractivity contribution in [3.63, 3.8) is 0 Å². The predicted molar refractivity (Wildman–Crippen MR) is 69.3 cm³/mol. The Morgan fingerprint density at radius 1 is 0.882 bits per heavy atom. The third kappa shape index (κ3) is 4.08. The molecule has 0 unspecified atom stereocenters. The third-order valence-electron chi connectivity index (χ3n) is 2.82. The molecule has 0 fully saturated rings. The van der Waals surface area contributed by atoms with Crippen LogP contribution in [0.4, 0.5) is 0 Å². The summed E-state index contributed by atoms with van der Waals surface area (Å²) < 4.78 is 0. The first-order valence-corrected chi connectivity index (χ1v) is 5.95. The summed E-state index contributed by atoms with van der Waals surface area (Å²) in [5.74, 6) is 0. The van der Waals surface area contributed by atoms with Crippen molar-refractivity contribution in [3.05, 3.63) is 60.2 Å². The van der Waals surface area contributed by atoms with Crippen molar-refractivity contribution in [3.8, 4) is 11.1 Å². The minimum absolute atomic E-state index is 0. The number of hydrogen-bond acceptors (Lipinski definition) is 0. The largest absolute Gasteiger partial charge is 1.00 e. The monoisotopic (exact) mass is 216 g/mol. The molecule has 0 aliphatic heterocycles. The van der Waals surface area contributed by atoms with E-state index in [1.807, 2.05) is 12.1 Å². The SMILES string of the molecule is CCCCc1ccc(-c2cc[c-]cc2)cc1.[Li+]. The van der Waals surface area contributed by atoms with Crippen molar-refractivity contribution in [2.75, 3.05) is 0 Å². The second kappa shape index (κ2) is 7.38. The summed E-state index contributed by atoms with van der Waals surface area (Å²) in [5.41, 5.74) is 3.99. The normalized spacial score (nSPS) is 9.71. The van der Waals surface area contributed by atoms with E-state index in [4.69, 9.17) is 0 Å². The fourth-order valence-corrected chi connectivity index (χ4v) is 1.82. The molecule has 1 heteroatoms. The van der Waals surface area contributed by atoms with Gasteiger partial charge in [-0.3, -0.25) is 0 Å².